The smallest absolute Gasteiger partial charge is 0.318 e. The van der Waals surface area contributed by atoms with Gasteiger partial charge in [-0.15, -0.1) is 0 Å². The maximum Gasteiger partial charge on any atom is 0.332 e. The zero-order valence-electron chi connectivity index (χ0n) is 20.7. The van der Waals surface area contributed by atoms with Gasteiger partial charge in [-0.3, -0.25) is 9.59 Å². The van der Waals surface area contributed by atoms with Gasteiger partial charge >= 0.3 is 5.97 Å². The van der Waals surface area contributed by atoms with Crippen molar-refractivity contribution in [1.29, 1.82) is 0 Å². The van der Waals surface area contributed by atoms with Gasteiger partial charge in [0.1, 0.15) is 0 Å². The second-order valence-corrected chi connectivity index (χ2v) is 9.66. The highest BCUT2D eigenvalue weighted by molar-refractivity contribution is 7.99. The normalized spacial score (nSPS) is 11.2. The van der Waals surface area contributed by atoms with Crippen molar-refractivity contribution in [2.75, 3.05) is 0 Å². The van der Waals surface area contributed by atoms with E-state index in [2.05, 4.69) is 5.16 Å². The molecule has 0 aromatic heterocycles. The highest BCUT2D eigenvalue weighted by atomic mass is 32.2. The molecule has 4 aromatic carbocycles. The van der Waals surface area contributed by atoms with Crippen LogP contribution in [-0.2, 0) is 9.63 Å². The van der Waals surface area contributed by atoms with E-state index in [9.17, 15) is 14.4 Å². The van der Waals surface area contributed by atoms with Gasteiger partial charge in [0.15, 0.2) is 11.5 Å². The number of hydrogen-bond acceptors (Lipinski definition) is 6. The van der Waals surface area contributed by atoms with Crippen LogP contribution < -0.4 is 0 Å². The van der Waals surface area contributed by atoms with Crippen LogP contribution in [0.5, 0.6) is 0 Å². The van der Waals surface area contributed by atoms with Gasteiger partial charge in [0.05, 0.1) is 0 Å². The van der Waals surface area contributed by atoms with E-state index in [4.69, 9.17) is 4.84 Å². The van der Waals surface area contributed by atoms with Crippen molar-refractivity contribution in [1.82, 2.24) is 0 Å². The Kier molecular flexibility index (Phi) is 8.11. The molecule has 0 radical (unpaired) electrons. The molecule has 0 unspecified atom stereocenters. The Morgan fingerprint density at radius 1 is 0.703 bits per heavy atom. The number of nitrogens with zero attached hydrogens (tertiary/aromatic N) is 1. The molecule has 37 heavy (non-hydrogen) atoms. The van der Waals surface area contributed by atoms with Gasteiger partial charge in [-0.2, -0.15) is 0 Å². The van der Waals surface area contributed by atoms with Crippen molar-refractivity contribution in [2.24, 2.45) is 5.16 Å². The van der Waals surface area contributed by atoms with Crippen LogP contribution in [0.4, 0.5) is 0 Å². The first-order chi connectivity index (χ1) is 17.8. The van der Waals surface area contributed by atoms with Crippen LogP contribution in [0.15, 0.2) is 112 Å². The number of carbonyl (C=O) groups excluding carboxylic acids is 3. The fraction of sp³-hybridized carbons (Fsp3) is 0.0968. The number of hydrogen-bond donors (Lipinski definition) is 0. The second kappa shape index (κ2) is 11.6. The molecule has 0 bridgehead atoms. The van der Waals surface area contributed by atoms with Gasteiger partial charge in [0, 0.05) is 39.0 Å². The molecule has 0 aliphatic heterocycles. The lowest BCUT2D eigenvalue weighted by Crippen LogP contribution is -2.18. The Morgan fingerprint density at radius 2 is 1.27 bits per heavy atom. The summed E-state index contributed by atoms with van der Waals surface area (Å²) in [7, 11) is 0. The minimum absolute atomic E-state index is 0.0184. The third-order valence-corrected chi connectivity index (χ3v) is 6.65. The Hall–Kier alpha value is -4.29. The van der Waals surface area contributed by atoms with Crippen LogP contribution in [0.1, 0.15) is 49.9 Å². The molecule has 0 fully saturated rings. The van der Waals surface area contributed by atoms with E-state index in [-0.39, 0.29) is 17.3 Å². The average molecular weight is 508 g/mol. The van der Waals surface area contributed by atoms with Crippen LogP contribution in [0, 0.1) is 13.8 Å². The maximum absolute atomic E-state index is 13.3. The zero-order valence-corrected chi connectivity index (χ0v) is 21.5. The summed E-state index contributed by atoms with van der Waals surface area (Å²) in [4.78, 5) is 44.1. The molecule has 6 heteroatoms. The van der Waals surface area contributed by atoms with Gasteiger partial charge in [0.2, 0.25) is 5.78 Å². The van der Waals surface area contributed by atoms with Crippen molar-refractivity contribution >= 4 is 35.0 Å². The van der Waals surface area contributed by atoms with E-state index < -0.39 is 5.97 Å². The number of carbonyl (C=O) groups is 3. The molecule has 0 saturated heterocycles. The molecular weight excluding hydrogens is 482 g/mol. The SMILES string of the molecule is CC(=O)ON=C(C(=O)c1ccc(Sc2ccc(C(=O)c3ccccc3)cc2)cc1)c1cc(C)ccc1C. The number of Topliss-reactive ketones (excluding diaryl/α,β-unsaturated/α-hetero) is 1. The molecular formula is C31H25NO4S. The summed E-state index contributed by atoms with van der Waals surface area (Å²) in [5.74, 6) is -0.954. The average Bonchev–Trinajstić information content (AvgIpc) is 2.91. The van der Waals surface area contributed by atoms with Gasteiger partial charge in [-0.1, -0.05) is 64.9 Å². The fourth-order valence-electron chi connectivity index (χ4n) is 3.69. The topological polar surface area (TPSA) is 72.8 Å². The highest BCUT2D eigenvalue weighted by Crippen LogP contribution is 2.29. The molecule has 0 atom stereocenters. The third-order valence-electron chi connectivity index (χ3n) is 5.63. The number of benzene rings is 4. The van der Waals surface area contributed by atoms with E-state index in [0.717, 1.165) is 20.9 Å². The summed E-state index contributed by atoms with van der Waals surface area (Å²) in [6, 6.07) is 29.5. The summed E-state index contributed by atoms with van der Waals surface area (Å²) < 4.78 is 0. The highest BCUT2D eigenvalue weighted by Gasteiger charge is 2.20. The molecule has 184 valence electrons. The summed E-state index contributed by atoms with van der Waals surface area (Å²) in [6.45, 7) is 5.04. The molecule has 0 aliphatic rings. The molecule has 0 saturated carbocycles. The molecule has 0 N–H and O–H groups in total. The Bertz CT molecular complexity index is 1470. The van der Waals surface area contributed by atoms with Crippen molar-refractivity contribution in [3.8, 4) is 0 Å². The van der Waals surface area contributed by atoms with E-state index >= 15 is 0 Å². The van der Waals surface area contributed by atoms with Crippen molar-refractivity contribution < 1.29 is 19.2 Å². The predicted octanol–water partition coefficient (Wildman–Crippen LogP) is 6.84. The lowest BCUT2D eigenvalue weighted by Gasteiger charge is -2.10. The minimum Gasteiger partial charge on any atom is -0.318 e. The molecule has 4 aromatic rings. The predicted molar refractivity (Wildman–Crippen MR) is 145 cm³/mol. The number of oxime groups is 1. The van der Waals surface area contributed by atoms with E-state index in [1.165, 1.54) is 18.7 Å². The van der Waals surface area contributed by atoms with E-state index in [0.29, 0.717) is 22.3 Å². The second-order valence-electron chi connectivity index (χ2n) is 8.52. The minimum atomic E-state index is -0.598. The molecule has 4 rings (SSSR count). The van der Waals surface area contributed by atoms with Crippen LogP contribution in [0.3, 0.4) is 0 Å². The molecule has 5 nitrogen and oxygen atoms in total. The summed E-state index contributed by atoms with van der Waals surface area (Å²) >= 11 is 1.53. The van der Waals surface area contributed by atoms with Gasteiger partial charge in [-0.25, -0.2) is 4.79 Å². The van der Waals surface area contributed by atoms with Crippen molar-refractivity contribution in [3.63, 3.8) is 0 Å². The van der Waals surface area contributed by atoms with Crippen LogP contribution >= 0.6 is 11.8 Å². The quantitative estimate of drug-likeness (QED) is 0.113. The summed E-state index contributed by atoms with van der Waals surface area (Å²) in [6.07, 6.45) is 0. The first-order valence-corrected chi connectivity index (χ1v) is 12.5. The summed E-state index contributed by atoms with van der Waals surface area (Å²) in [5, 5.41) is 3.89. The van der Waals surface area contributed by atoms with Gasteiger partial charge in [0.25, 0.3) is 0 Å². The third kappa shape index (κ3) is 6.48. The maximum atomic E-state index is 13.3. The van der Waals surface area contributed by atoms with E-state index in [1.54, 1.807) is 24.3 Å². The van der Waals surface area contributed by atoms with E-state index in [1.807, 2.05) is 86.6 Å². The Morgan fingerprint density at radius 3 is 1.86 bits per heavy atom. The first-order valence-electron chi connectivity index (χ1n) is 11.7. The molecule has 0 aliphatic carbocycles. The van der Waals surface area contributed by atoms with Crippen LogP contribution in [-0.4, -0.2) is 23.2 Å². The van der Waals surface area contributed by atoms with Crippen LogP contribution in [0.2, 0.25) is 0 Å². The molecule has 0 spiro atoms. The standard InChI is InChI=1S/C31H25NO4S/c1-20-9-10-21(2)28(19-20)29(32-36-22(3)33)31(35)25-13-17-27(18-14-25)37-26-15-11-24(12-16-26)30(34)23-7-5-4-6-8-23/h4-19H,1-3H3. The van der Waals surface area contributed by atoms with Crippen molar-refractivity contribution in [3.05, 3.63) is 130 Å². The lowest BCUT2D eigenvalue weighted by molar-refractivity contribution is -0.140. The Balaban J connectivity index is 1.51. The first kappa shape index (κ1) is 25.8. The van der Waals surface area contributed by atoms with Crippen LogP contribution in [0.25, 0.3) is 0 Å². The monoisotopic (exact) mass is 507 g/mol. The largest absolute Gasteiger partial charge is 0.332 e. The zero-order chi connectivity index (χ0) is 26.4. The van der Waals surface area contributed by atoms with Gasteiger partial charge in [-0.05, 0) is 74.0 Å². The number of ketones is 2. The number of aryl methyl sites for hydroxylation is 2. The fourth-order valence-corrected chi connectivity index (χ4v) is 4.51. The number of rotatable bonds is 8. The Labute approximate surface area is 220 Å². The van der Waals surface area contributed by atoms with Gasteiger partial charge < -0.3 is 4.84 Å². The van der Waals surface area contributed by atoms with Crippen molar-refractivity contribution in [2.45, 2.75) is 30.6 Å². The molecule has 0 heterocycles. The molecule has 0 amide bonds. The summed E-state index contributed by atoms with van der Waals surface area (Å²) in [5.41, 5.74) is 4.23. The lowest BCUT2D eigenvalue weighted by atomic mass is 9.96.